The van der Waals surface area contributed by atoms with Gasteiger partial charge in [0.2, 0.25) is 0 Å². The van der Waals surface area contributed by atoms with E-state index in [4.69, 9.17) is 5.02 Å². The quantitative estimate of drug-likeness (QED) is 0.697. The molecule has 5 nitrogen and oxygen atoms in total. The fourth-order valence-corrected chi connectivity index (χ4v) is 0.847. The molecule has 0 bridgehead atoms. The molecule has 0 saturated heterocycles. The topological polar surface area (TPSA) is 67.8 Å². The first-order valence-electron chi connectivity index (χ1n) is 3.84. The summed E-state index contributed by atoms with van der Waals surface area (Å²) in [7, 11) is 1.87. The zero-order chi connectivity index (χ0) is 10.4. The number of hydrogen-bond donors (Lipinski definition) is 2. The van der Waals surface area contributed by atoms with Crippen LogP contribution in [0.15, 0.2) is 24.3 Å². The van der Waals surface area contributed by atoms with Crippen molar-refractivity contribution in [3.05, 3.63) is 24.3 Å². The van der Waals surface area contributed by atoms with Crippen molar-refractivity contribution in [3.8, 4) is 5.75 Å². The first-order chi connectivity index (χ1) is 6.76. The SMILES string of the molecule is COC(=O)Nc1ccc(O[B]O)cc1. The summed E-state index contributed by atoms with van der Waals surface area (Å²) in [4.78, 5) is 10.8. The second kappa shape index (κ2) is 5.13. The van der Waals surface area contributed by atoms with Crippen molar-refractivity contribution in [2.75, 3.05) is 12.4 Å². The molecule has 0 aliphatic rings. The van der Waals surface area contributed by atoms with Crippen molar-refractivity contribution < 1.29 is 19.2 Å². The Balaban J connectivity index is 2.59. The van der Waals surface area contributed by atoms with Crippen LogP contribution in [-0.4, -0.2) is 25.9 Å². The molecule has 0 aliphatic heterocycles. The van der Waals surface area contributed by atoms with E-state index in [1.54, 1.807) is 24.3 Å². The molecule has 14 heavy (non-hydrogen) atoms. The maximum atomic E-state index is 10.8. The predicted octanol–water partition coefficient (Wildman–Crippen LogP) is 0.770. The van der Waals surface area contributed by atoms with Crippen LogP contribution >= 0.6 is 0 Å². The number of benzene rings is 1. The van der Waals surface area contributed by atoms with Crippen molar-refractivity contribution in [3.63, 3.8) is 0 Å². The van der Waals surface area contributed by atoms with Crippen LogP contribution in [0.3, 0.4) is 0 Å². The Kier molecular flexibility index (Phi) is 3.81. The molecule has 0 aromatic heterocycles. The number of carbonyl (C=O) groups is 1. The average molecular weight is 194 g/mol. The van der Waals surface area contributed by atoms with Crippen LogP contribution in [0, 0.1) is 0 Å². The van der Waals surface area contributed by atoms with Crippen LogP contribution in [0.2, 0.25) is 0 Å². The van der Waals surface area contributed by atoms with E-state index in [-0.39, 0.29) is 0 Å². The van der Waals surface area contributed by atoms with Crippen molar-refractivity contribution in [2.24, 2.45) is 0 Å². The molecule has 0 saturated carbocycles. The van der Waals surface area contributed by atoms with E-state index >= 15 is 0 Å². The number of nitrogens with one attached hydrogen (secondary N) is 1. The molecule has 0 atom stereocenters. The van der Waals surface area contributed by atoms with Crippen molar-refractivity contribution in [1.29, 1.82) is 0 Å². The molecule has 1 amide bonds. The standard InChI is InChI=1S/C8H9BNO4/c1-13-8(11)10-6-2-4-7(5-3-6)14-9-12/h2-5,12H,1H3,(H,10,11). The summed E-state index contributed by atoms with van der Waals surface area (Å²) < 4.78 is 9.08. The van der Waals surface area contributed by atoms with Crippen LogP contribution in [-0.2, 0) is 4.74 Å². The molecule has 0 fully saturated rings. The molecular weight excluding hydrogens is 185 g/mol. The minimum absolute atomic E-state index is 0.475. The Morgan fingerprint density at radius 2 is 2.07 bits per heavy atom. The lowest BCUT2D eigenvalue weighted by molar-refractivity contribution is 0.187. The van der Waals surface area contributed by atoms with Gasteiger partial charge in [-0.15, -0.1) is 0 Å². The summed E-state index contributed by atoms with van der Waals surface area (Å²) in [6, 6.07) is 6.43. The minimum atomic E-state index is -0.535. The van der Waals surface area contributed by atoms with Gasteiger partial charge in [0.1, 0.15) is 5.75 Å². The van der Waals surface area contributed by atoms with Crippen LogP contribution in [0.1, 0.15) is 0 Å². The molecule has 1 rings (SSSR count). The molecule has 0 heterocycles. The van der Waals surface area contributed by atoms with Crippen LogP contribution in [0.5, 0.6) is 5.75 Å². The highest BCUT2D eigenvalue weighted by Crippen LogP contribution is 2.15. The highest BCUT2D eigenvalue weighted by atomic mass is 16.5. The lowest BCUT2D eigenvalue weighted by Crippen LogP contribution is -2.10. The molecule has 6 heteroatoms. The van der Waals surface area contributed by atoms with E-state index in [2.05, 4.69) is 14.7 Å². The van der Waals surface area contributed by atoms with E-state index in [0.717, 1.165) is 0 Å². The maximum Gasteiger partial charge on any atom is 0.569 e. The monoisotopic (exact) mass is 194 g/mol. The largest absolute Gasteiger partial charge is 0.569 e. The lowest BCUT2D eigenvalue weighted by atomic mass is 10.3. The smallest absolute Gasteiger partial charge is 0.537 e. The zero-order valence-corrected chi connectivity index (χ0v) is 7.56. The molecule has 0 unspecified atom stereocenters. The second-order valence-electron chi connectivity index (χ2n) is 2.36. The second-order valence-corrected chi connectivity index (χ2v) is 2.36. The number of anilines is 1. The fourth-order valence-electron chi connectivity index (χ4n) is 0.847. The Hall–Kier alpha value is -1.69. The van der Waals surface area contributed by atoms with Gasteiger partial charge in [-0.05, 0) is 24.3 Å². The van der Waals surface area contributed by atoms with E-state index in [9.17, 15) is 4.79 Å². The Labute approximate surface area is 82.0 Å². The molecular formula is C8H9BNO4. The van der Waals surface area contributed by atoms with Gasteiger partial charge in [-0.1, -0.05) is 0 Å². The summed E-state index contributed by atoms with van der Waals surface area (Å²) in [6.45, 7) is 0. The number of ether oxygens (including phenoxy) is 1. The van der Waals surface area contributed by atoms with Gasteiger partial charge < -0.3 is 14.4 Å². The maximum absolute atomic E-state index is 10.8. The Morgan fingerprint density at radius 3 is 2.57 bits per heavy atom. The molecule has 1 aromatic carbocycles. The summed E-state index contributed by atoms with van der Waals surface area (Å²) >= 11 is 0. The van der Waals surface area contributed by atoms with Gasteiger partial charge in [0.15, 0.2) is 0 Å². The summed E-state index contributed by atoms with van der Waals surface area (Å²) in [5.41, 5.74) is 0.585. The lowest BCUT2D eigenvalue weighted by Gasteiger charge is -2.04. The van der Waals surface area contributed by atoms with E-state index < -0.39 is 6.09 Å². The molecule has 73 valence electrons. The number of rotatable bonds is 3. The van der Waals surface area contributed by atoms with E-state index in [0.29, 0.717) is 19.1 Å². The third-order valence-electron chi connectivity index (χ3n) is 1.47. The normalized spacial score (nSPS) is 9.00. The van der Waals surface area contributed by atoms with Crippen LogP contribution < -0.4 is 9.97 Å². The summed E-state index contributed by atoms with van der Waals surface area (Å²) in [6.07, 6.45) is -0.535. The van der Waals surface area contributed by atoms with Gasteiger partial charge in [-0.25, -0.2) is 4.79 Å². The van der Waals surface area contributed by atoms with Crippen molar-refractivity contribution in [2.45, 2.75) is 0 Å². The first kappa shape index (κ1) is 10.4. The van der Waals surface area contributed by atoms with Gasteiger partial charge in [-0.2, -0.15) is 0 Å². The van der Waals surface area contributed by atoms with E-state index in [1.165, 1.54) is 7.11 Å². The van der Waals surface area contributed by atoms with Crippen LogP contribution in [0.25, 0.3) is 0 Å². The predicted molar refractivity (Wildman–Crippen MR) is 51.1 cm³/mol. The van der Waals surface area contributed by atoms with Crippen molar-refractivity contribution in [1.82, 2.24) is 0 Å². The number of amides is 1. The fraction of sp³-hybridized carbons (Fsp3) is 0.125. The molecule has 0 aliphatic carbocycles. The third kappa shape index (κ3) is 2.99. The Morgan fingerprint density at radius 1 is 1.43 bits per heavy atom. The van der Waals surface area contributed by atoms with Crippen molar-refractivity contribution >= 4 is 19.5 Å². The summed E-state index contributed by atoms with van der Waals surface area (Å²) in [5, 5.41) is 10.8. The van der Waals surface area contributed by atoms with Gasteiger partial charge in [0.25, 0.3) is 0 Å². The van der Waals surface area contributed by atoms with Crippen LogP contribution in [0.4, 0.5) is 10.5 Å². The minimum Gasteiger partial charge on any atom is -0.537 e. The molecule has 1 radical (unpaired) electrons. The third-order valence-corrected chi connectivity index (χ3v) is 1.47. The molecule has 1 aromatic rings. The van der Waals surface area contributed by atoms with E-state index in [1.807, 2.05) is 0 Å². The number of carbonyl (C=O) groups excluding carboxylic acids is 1. The van der Waals surface area contributed by atoms with Gasteiger partial charge in [-0.3, -0.25) is 5.32 Å². The average Bonchev–Trinajstić information content (AvgIpc) is 2.21. The molecule has 0 spiro atoms. The number of methoxy groups -OCH3 is 1. The Bertz CT molecular complexity index is 301. The molecule has 2 N–H and O–H groups in total. The zero-order valence-electron chi connectivity index (χ0n) is 7.56. The van der Waals surface area contributed by atoms with Gasteiger partial charge in [0, 0.05) is 5.69 Å². The first-order valence-corrected chi connectivity index (χ1v) is 3.84. The number of hydrogen-bond acceptors (Lipinski definition) is 4. The summed E-state index contributed by atoms with van der Waals surface area (Å²) in [5.74, 6) is 0.475. The highest BCUT2D eigenvalue weighted by Gasteiger charge is 2.00. The van der Waals surface area contributed by atoms with Gasteiger partial charge >= 0.3 is 13.8 Å². The highest BCUT2D eigenvalue weighted by molar-refractivity contribution is 6.17. The van der Waals surface area contributed by atoms with Gasteiger partial charge in [0.05, 0.1) is 7.11 Å².